The van der Waals surface area contributed by atoms with Gasteiger partial charge in [0.05, 0.1) is 0 Å². The molecule has 7 heteroatoms. The Hall–Kier alpha value is -3.22. The Kier molecular flexibility index (Phi) is 6.37. The summed E-state index contributed by atoms with van der Waals surface area (Å²) < 4.78 is 0. The third-order valence-electron chi connectivity index (χ3n) is 4.36. The Balaban J connectivity index is 1.68. The summed E-state index contributed by atoms with van der Waals surface area (Å²) in [6, 6.07) is 12.0. The van der Waals surface area contributed by atoms with Crippen molar-refractivity contribution in [2.75, 3.05) is 42.8 Å². The van der Waals surface area contributed by atoms with Crippen LogP contribution in [0.3, 0.4) is 0 Å². The summed E-state index contributed by atoms with van der Waals surface area (Å²) in [7, 11) is 5.94. The fourth-order valence-electron chi connectivity index (χ4n) is 2.88. The molecule has 3 heterocycles. The number of hydrogen-bond acceptors (Lipinski definition) is 7. The van der Waals surface area contributed by atoms with Gasteiger partial charge in [-0.25, -0.2) is 9.97 Å². The van der Waals surface area contributed by atoms with Crippen LogP contribution in [0, 0.1) is 6.92 Å². The normalized spacial score (nSPS) is 10.6. The Morgan fingerprint density at radius 2 is 1.79 bits per heavy atom. The third-order valence-corrected chi connectivity index (χ3v) is 4.36. The van der Waals surface area contributed by atoms with Crippen molar-refractivity contribution in [3.05, 3.63) is 65.7 Å². The van der Waals surface area contributed by atoms with Crippen molar-refractivity contribution in [2.45, 2.75) is 19.9 Å². The number of anilines is 3. The second-order valence-corrected chi connectivity index (χ2v) is 6.92. The summed E-state index contributed by atoms with van der Waals surface area (Å²) in [5, 5.41) is 3.41. The van der Waals surface area contributed by atoms with Gasteiger partial charge >= 0.3 is 0 Å². The molecular weight excluding hydrogens is 350 g/mol. The monoisotopic (exact) mass is 377 g/mol. The lowest BCUT2D eigenvalue weighted by Gasteiger charge is -2.21. The fraction of sp³-hybridized carbons (Fsp3) is 0.333. The summed E-state index contributed by atoms with van der Waals surface area (Å²) in [5.41, 5.74) is 3.13. The van der Waals surface area contributed by atoms with Crippen LogP contribution >= 0.6 is 0 Å². The van der Waals surface area contributed by atoms with Gasteiger partial charge in [-0.1, -0.05) is 12.1 Å². The van der Waals surface area contributed by atoms with Crippen LogP contribution in [-0.2, 0) is 13.0 Å². The maximum Gasteiger partial charge on any atom is 0.226 e. The Labute approximate surface area is 166 Å². The van der Waals surface area contributed by atoms with E-state index in [1.807, 2.05) is 62.6 Å². The number of aryl methyl sites for hydroxylation is 1. The van der Waals surface area contributed by atoms with Crippen molar-refractivity contribution in [1.29, 1.82) is 0 Å². The van der Waals surface area contributed by atoms with Crippen LogP contribution < -0.4 is 15.1 Å². The molecular formula is C21H27N7. The van der Waals surface area contributed by atoms with Crippen LogP contribution in [0.4, 0.5) is 17.6 Å². The van der Waals surface area contributed by atoms with E-state index in [0.717, 1.165) is 41.6 Å². The molecule has 0 aliphatic carbocycles. The van der Waals surface area contributed by atoms with Gasteiger partial charge in [-0.05, 0) is 25.1 Å². The minimum absolute atomic E-state index is 0.639. The van der Waals surface area contributed by atoms with E-state index < -0.39 is 0 Å². The topological polar surface area (TPSA) is 70.1 Å². The molecule has 0 amide bonds. The van der Waals surface area contributed by atoms with Gasteiger partial charge in [0.25, 0.3) is 0 Å². The second kappa shape index (κ2) is 9.12. The predicted octanol–water partition coefficient (Wildman–Crippen LogP) is 2.93. The van der Waals surface area contributed by atoms with Gasteiger partial charge in [0, 0.05) is 76.1 Å². The van der Waals surface area contributed by atoms with Gasteiger partial charge < -0.3 is 15.1 Å². The summed E-state index contributed by atoms with van der Waals surface area (Å²) in [4.78, 5) is 22.1. The molecule has 0 atom stereocenters. The lowest BCUT2D eigenvalue weighted by atomic mass is 10.2. The van der Waals surface area contributed by atoms with Gasteiger partial charge in [-0.2, -0.15) is 4.98 Å². The Bertz CT molecular complexity index is 896. The minimum atomic E-state index is 0.639. The largest absolute Gasteiger partial charge is 0.366 e. The summed E-state index contributed by atoms with van der Waals surface area (Å²) in [6.45, 7) is 3.46. The van der Waals surface area contributed by atoms with Gasteiger partial charge in [0.1, 0.15) is 11.6 Å². The van der Waals surface area contributed by atoms with Crippen molar-refractivity contribution in [1.82, 2.24) is 19.9 Å². The van der Waals surface area contributed by atoms with Gasteiger partial charge in [0.15, 0.2) is 0 Å². The smallest absolute Gasteiger partial charge is 0.226 e. The van der Waals surface area contributed by atoms with Crippen molar-refractivity contribution in [3.63, 3.8) is 0 Å². The zero-order valence-electron chi connectivity index (χ0n) is 16.9. The molecule has 146 valence electrons. The van der Waals surface area contributed by atoms with Crippen LogP contribution in [0.25, 0.3) is 0 Å². The average Bonchev–Trinajstić information content (AvgIpc) is 2.71. The van der Waals surface area contributed by atoms with Crippen molar-refractivity contribution >= 4 is 17.6 Å². The molecule has 7 nitrogen and oxygen atoms in total. The van der Waals surface area contributed by atoms with Crippen molar-refractivity contribution in [2.24, 2.45) is 0 Å². The highest BCUT2D eigenvalue weighted by atomic mass is 15.2. The number of pyridine rings is 2. The maximum atomic E-state index is 4.59. The number of hydrogen-bond donors (Lipinski definition) is 1. The highest BCUT2D eigenvalue weighted by Gasteiger charge is 2.10. The second-order valence-electron chi connectivity index (χ2n) is 6.92. The van der Waals surface area contributed by atoms with Gasteiger partial charge in [0.2, 0.25) is 5.95 Å². The van der Waals surface area contributed by atoms with Crippen molar-refractivity contribution < 1.29 is 0 Å². The van der Waals surface area contributed by atoms with E-state index in [4.69, 9.17) is 0 Å². The van der Waals surface area contributed by atoms with E-state index in [1.54, 1.807) is 0 Å². The quantitative estimate of drug-likeness (QED) is 0.647. The first-order valence-electron chi connectivity index (χ1n) is 9.35. The first-order chi connectivity index (χ1) is 13.5. The summed E-state index contributed by atoms with van der Waals surface area (Å²) in [5.74, 6) is 2.47. The maximum absolute atomic E-state index is 4.59. The molecule has 3 aromatic rings. The minimum Gasteiger partial charge on any atom is -0.366 e. The standard InChI is InChI=1S/C21H27N7/c1-16-14-19(26-21(25-16)27(2)3)24-15-17-8-7-12-23-20(17)28(4)13-10-18-9-5-6-11-22-18/h5-9,11-12,14H,10,13,15H2,1-4H3,(H,24,25,26). The molecule has 0 aromatic carbocycles. The first-order valence-corrected chi connectivity index (χ1v) is 9.35. The van der Waals surface area contributed by atoms with Gasteiger partial charge in [-0.3, -0.25) is 4.98 Å². The zero-order valence-corrected chi connectivity index (χ0v) is 16.9. The SMILES string of the molecule is Cc1cc(NCc2cccnc2N(C)CCc2ccccn2)nc(N(C)C)n1. The van der Waals surface area contributed by atoms with Crippen LogP contribution in [0.5, 0.6) is 0 Å². The zero-order chi connectivity index (χ0) is 19.9. The highest BCUT2D eigenvalue weighted by Crippen LogP contribution is 2.19. The molecule has 0 radical (unpaired) electrons. The van der Waals surface area contributed by atoms with Gasteiger partial charge in [-0.15, -0.1) is 0 Å². The van der Waals surface area contributed by atoms with E-state index in [1.165, 1.54) is 0 Å². The number of nitrogens with zero attached hydrogens (tertiary/aromatic N) is 6. The first kappa shape index (κ1) is 19.5. The van der Waals surface area contributed by atoms with E-state index >= 15 is 0 Å². The molecule has 3 rings (SSSR count). The van der Waals surface area contributed by atoms with Crippen molar-refractivity contribution in [3.8, 4) is 0 Å². The molecule has 1 N–H and O–H groups in total. The third kappa shape index (κ3) is 5.16. The Morgan fingerprint density at radius 1 is 0.964 bits per heavy atom. The molecule has 0 bridgehead atoms. The molecule has 0 unspecified atom stereocenters. The van der Waals surface area contributed by atoms with E-state index in [0.29, 0.717) is 12.5 Å². The van der Waals surface area contributed by atoms with Crippen LogP contribution in [0.15, 0.2) is 48.8 Å². The highest BCUT2D eigenvalue weighted by molar-refractivity contribution is 5.49. The molecule has 0 aliphatic rings. The lowest BCUT2D eigenvalue weighted by Crippen LogP contribution is -2.23. The average molecular weight is 377 g/mol. The molecule has 0 fully saturated rings. The molecule has 0 aliphatic heterocycles. The number of nitrogens with one attached hydrogen (secondary N) is 1. The molecule has 0 spiro atoms. The molecule has 28 heavy (non-hydrogen) atoms. The predicted molar refractivity (Wildman–Crippen MR) is 114 cm³/mol. The number of likely N-dealkylation sites (N-methyl/N-ethyl adjacent to an activating group) is 1. The molecule has 3 aromatic heterocycles. The van der Waals surface area contributed by atoms with Crippen LogP contribution in [-0.4, -0.2) is 47.6 Å². The number of aromatic nitrogens is 4. The lowest BCUT2D eigenvalue weighted by molar-refractivity contribution is 0.830. The number of rotatable bonds is 8. The van der Waals surface area contributed by atoms with E-state index in [9.17, 15) is 0 Å². The Morgan fingerprint density at radius 3 is 2.54 bits per heavy atom. The molecule has 0 saturated carbocycles. The fourth-order valence-corrected chi connectivity index (χ4v) is 2.88. The summed E-state index contributed by atoms with van der Waals surface area (Å²) >= 11 is 0. The van der Waals surface area contributed by atoms with Crippen LogP contribution in [0.2, 0.25) is 0 Å². The van der Waals surface area contributed by atoms with E-state index in [-0.39, 0.29) is 0 Å². The van der Waals surface area contributed by atoms with Crippen LogP contribution in [0.1, 0.15) is 17.0 Å². The molecule has 0 saturated heterocycles. The summed E-state index contributed by atoms with van der Waals surface area (Å²) in [6.07, 6.45) is 4.53. The van der Waals surface area contributed by atoms with E-state index in [2.05, 4.69) is 49.3 Å².